The molecule has 2 aromatic rings. The molecule has 2 aromatic heterocycles. The lowest BCUT2D eigenvalue weighted by Gasteiger charge is -2.15. The Morgan fingerprint density at radius 2 is 2.23 bits per heavy atom. The van der Waals surface area contributed by atoms with E-state index < -0.39 is 48.9 Å². The van der Waals surface area contributed by atoms with E-state index >= 15 is 0 Å². The second kappa shape index (κ2) is 7.52. The fraction of sp³-hybridized carbons (Fsp3) is 0.545. The molecule has 0 aromatic carbocycles. The molecule has 0 aliphatic carbocycles. The van der Waals surface area contributed by atoms with Crippen LogP contribution < -0.4 is 5.32 Å². The number of imidazole rings is 1. The molecule has 1 aliphatic heterocycles. The maximum atomic E-state index is 14.8. The molecule has 0 amide bonds. The van der Waals surface area contributed by atoms with Crippen LogP contribution in [0, 0.1) is 0 Å². The van der Waals surface area contributed by atoms with Crippen molar-refractivity contribution in [2.45, 2.75) is 24.6 Å². The van der Waals surface area contributed by atoms with Gasteiger partial charge >= 0.3 is 8.25 Å². The molecule has 3 rings (SSSR count). The van der Waals surface area contributed by atoms with Crippen LogP contribution in [0.4, 0.5) is 4.39 Å². The average molecular weight is 410 g/mol. The lowest BCUT2D eigenvalue weighted by molar-refractivity contribution is -0.0196. The molecule has 0 spiro atoms. The Hall–Kier alpha value is -1.67. The molecule has 1 saturated heterocycles. The number of halogens is 1. The summed E-state index contributed by atoms with van der Waals surface area (Å²) in [7, 11) is -7.43. The number of ether oxygens (including phenoxy) is 1. The van der Waals surface area contributed by atoms with Crippen molar-refractivity contribution < 1.29 is 36.1 Å². The molecule has 0 radical (unpaired) electrons. The first kappa shape index (κ1) is 19.1. The molecule has 5 atom stereocenters. The molecule has 26 heavy (non-hydrogen) atoms. The fourth-order valence-electron chi connectivity index (χ4n) is 2.61. The monoisotopic (exact) mass is 410 g/mol. The third kappa shape index (κ3) is 4.17. The molecule has 15 heteroatoms. The summed E-state index contributed by atoms with van der Waals surface area (Å²) in [6, 6.07) is 0. The van der Waals surface area contributed by atoms with Crippen LogP contribution in [-0.4, -0.2) is 68.2 Å². The number of rotatable bonds is 7. The Bertz CT molecular complexity index is 911. The van der Waals surface area contributed by atoms with Crippen molar-refractivity contribution >= 4 is 29.5 Å². The highest BCUT2D eigenvalue weighted by atomic mass is 32.2. The summed E-state index contributed by atoms with van der Waals surface area (Å²) < 4.78 is 67.6. The third-order valence-corrected chi connectivity index (χ3v) is 4.61. The van der Waals surface area contributed by atoms with E-state index in [-0.39, 0.29) is 12.2 Å². The van der Waals surface area contributed by atoms with E-state index in [1.54, 1.807) is 0 Å². The van der Waals surface area contributed by atoms with E-state index in [0.29, 0.717) is 5.52 Å². The first-order valence-electron chi connectivity index (χ1n) is 7.17. The predicted molar refractivity (Wildman–Crippen MR) is 83.2 cm³/mol. The summed E-state index contributed by atoms with van der Waals surface area (Å²) in [5, 5.41) is 2.36. The van der Waals surface area contributed by atoms with Gasteiger partial charge in [-0.1, -0.05) is 0 Å². The minimum Gasteiger partial charge on any atom is -0.347 e. The maximum absolute atomic E-state index is 14.8. The van der Waals surface area contributed by atoms with Crippen LogP contribution in [0.25, 0.3) is 11.2 Å². The Balaban J connectivity index is 1.82. The van der Waals surface area contributed by atoms with Crippen LogP contribution in [0.15, 0.2) is 18.9 Å². The molecule has 3 heterocycles. The molecule has 0 bridgehead atoms. The minimum absolute atomic E-state index is 0.258. The highest BCUT2D eigenvalue weighted by molar-refractivity contribution is 7.85. The van der Waals surface area contributed by atoms with Gasteiger partial charge in [-0.05, 0) is 0 Å². The van der Waals surface area contributed by atoms with E-state index in [1.807, 2.05) is 0 Å². The zero-order valence-corrected chi connectivity index (χ0v) is 14.6. The summed E-state index contributed by atoms with van der Waals surface area (Å²) in [5.74, 6) is -0.798. The molecular weight excluding hydrogens is 396 g/mol. The Kier molecular flexibility index (Phi) is 5.53. The van der Waals surface area contributed by atoms with Crippen LogP contribution in [0.5, 0.6) is 0 Å². The van der Waals surface area contributed by atoms with Gasteiger partial charge in [0.05, 0.1) is 12.5 Å². The van der Waals surface area contributed by atoms with E-state index in [0.717, 1.165) is 0 Å². The quantitative estimate of drug-likeness (QED) is 0.399. The lowest BCUT2D eigenvalue weighted by Crippen LogP contribution is -2.39. The number of nitrogens with zero attached hydrogens (tertiary/aromatic N) is 4. The van der Waals surface area contributed by atoms with Crippen molar-refractivity contribution in [1.82, 2.24) is 24.8 Å². The fourth-order valence-corrected chi connectivity index (χ4v) is 3.45. The highest BCUT2D eigenvalue weighted by Crippen LogP contribution is 2.38. The Morgan fingerprint density at radius 3 is 2.92 bits per heavy atom. The van der Waals surface area contributed by atoms with Gasteiger partial charge < -0.3 is 4.74 Å². The second-order valence-corrected chi connectivity index (χ2v) is 7.52. The summed E-state index contributed by atoms with van der Waals surface area (Å²) in [6.07, 6.45) is -1.76. The number of alkyl halides is 1. The van der Waals surface area contributed by atoms with E-state index in [4.69, 9.17) is 18.7 Å². The van der Waals surface area contributed by atoms with Gasteiger partial charge in [0, 0.05) is 11.1 Å². The largest absolute Gasteiger partial charge is 0.695 e. The molecule has 1 aliphatic rings. The van der Waals surface area contributed by atoms with Crippen molar-refractivity contribution in [1.29, 1.82) is 0 Å². The first-order chi connectivity index (χ1) is 12.3. The minimum atomic E-state index is -4.30. The molecule has 0 saturated carbocycles. The topological polar surface area (TPSA) is 166 Å². The van der Waals surface area contributed by atoms with Crippen molar-refractivity contribution in [3.05, 3.63) is 18.9 Å². The second-order valence-electron chi connectivity index (χ2n) is 5.38. The summed E-state index contributed by atoms with van der Waals surface area (Å²) >= 11 is 0. The first-order valence-corrected chi connectivity index (χ1v) is 9.91. The summed E-state index contributed by atoms with van der Waals surface area (Å²) in [6.45, 7) is -0.258. The van der Waals surface area contributed by atoms with Gasteiger partial charge in [-0.2, -0.15) is 8.42 Å². The van der Waals surface area contributed by atoms with Crippen LogP contribution in [0.2, 0.25) is 0 Å². The van der Waals surface area contributed by atoms with Gasteiger partial charge in [0.2, 0.25) is 0 Å². The van der Waals surface area contributed by atoms with Crippen LogP contribution in [0.3, 0.4) is 0 Å². The van der Waals surface area contributed by atoms with E-state index in [2.05, 4.69) is 20.3 Å². The normalized spacial score (nSPS) is 27.1. The van der Waals surface area contributed by atoms with Crippen LogP contribution >= 0.6 is 8.25 Å². The van der Waals surface area contributed by atoms with Crippen molar-refractivity contribution in [3.8, 4) is 0 Å². The third-order valence-electron chi connectivity index (χ3n) is 3.62. The molecular formula is C11H14FN5O7PS+. The van der Waals surface area contributed by atoms with Gasteiger partial charge in [0.25, 0.3) is 10.1 Å². The smallest absolute Gasteiger partial charge is 0.347 e. The SMILES string of the molecule is O=[P+](O)O[C@H]1[C@@H](F)[C@H](n2cnc3cncnc32)O[C@@H]1CNCS(=O)(=O)O. The molecule has 1 unspecified atom stereocenters. The van der Waals surface area contributed by atoms with Gasteiger partial charge in [-0.3, -0.25) is 14.4 Å². The van der Waals surface area contributed by atoms with Crippen LogP contribution in [-0.2, 0) is 23.9 Å². The van der Waals surface area contributed by atoms with Crippen LogP contribution in [0.1, 0.15) is 6.23 Å². The zero-order chi connectivity index (χ0) is 18.9. The standard InChI is InChI=1S/C11H13FN5O7PS/c12-8-9(24-25(18)19)7(2-14-5-26(20,21)22)23-11(8)17-4-16-6-1-13-3-15-10(6)17/h1,3-4,7-9,11,14H,2,5H2,(H-,18,19,20,21,22)/p+1/t7-,8-,9-,11-/m1/s1. The number of fused-ring (bicyclic) bond motifs is 1. The van der Waals surface area contributed by atoms with Crippen molar-refractivity contribution in [3.63, 3.8) is 0 Å². The van der Waals surface area contributed by atoms with E-state index in [1.165, 1.54) is 23.4 Å². The van der Waals surface area contributed by atoms with Gasteiger partial charge in [0.15, 0.2) is 24.2 Å². The Labute approximate surface area is 147 Å². The maximum Gasteiger partial charge on any atom is 0.695 e. The number of aromatic nitrogens is 4. The molecule has 12 nitrogen and oxygen atoms in total. The van der Waals surface area contributed by atoms with E-state index in [9.17, 15) is 17.4 Å². The average Bonchev–Trinajstić information content (AvgIpc) is 3.09. The molecule has 1 fully saturated rings. The summed E-state index contributed by atoms with van der Waals surface area (Å²) in [4.78, 5) is 20.8. The van der Waals surface area contributed by atoms with Crippen molar-refractivity contribution in [2.75, 3.05) is 12.4 Å². The summed E-state index contributed by atoms with van der Waals surface area (Å²) in [5.41, 5.74) is 0.674. The number of hydrogen-bond donors (Lipinski definition) is 3. The lowest BCUT2D eigenvalue weighted by atomic mass is 10.1. The van der Waals surface area contributed by atoms with Gasteiger partial charge in [-0.15, -0.1) is 9.42 Å². The highest BCUT2D eigenvalue weighted by Gasteiger charge is 2.51. The van der Waals surface area contributed by atoms with Crippen molar-refractivity contribution in [2.24, 2.45) is 0 Å². The predicted octanol–water partition coefficient (Wildman–Crippen LogP) is -0.468. The molecule has 142 valence electrons. The molecule has 3 N–H and O–H groups in total. The number of hydrogen-bond acceptors (Lipinski definition) is 9. The zero-order valence-electron chi connectivity index (χ0n) is 12.9. The number of nitrogens with one attached hydrogen (secondary N) is 1. The Morgan fingerprint density at radius 1 is 1.46 bits per heavy atom. The van der Waals surface area contributed by atoms with Gasteiger partial charge in [0.1, 0.15) is 23.8 Å². The van der Waals surface area contributed by atoms with Gasteiger partial charge in [-0.25, -0.2) is 19.3 Å².